The van der Waals surface area contributed by atoms with E-state index in [0.717, 1.165) is 25.0 Å². The molecule has 3 heterocycles. The van der Waals surface area contributed by atoms with E-state index < -0.39 is 12.1 Å². The zero-order valence-electron chi connectivity index (χ0n) is 19.4. The summed E-state index contributed by atoms with van der Waals surface area (Å²) in [7, 11) is 0. The van der Waals surface area contributed by atoms with Crippen LogP contribution < -0.4 is 5.32 Å². The number of imide groups is 1. The van der Waals surface area contributed by atoms with Gasteiger partial charge < -0.3 is 10.2 Å². The number of hydrogen-bond donors (Lipinski definition) is 1. The summed E-state index contributed by atoms with van der Waals surface area (Å²) in [6.07, 6.45) is 5.27. The van der Waals surface area contributed by atoms with Crippen LogP contribution >= 0.6 is 0 Å². The molecule has 2 aliphatic heterocycles. The van der Waals surface area contributed by atoms with Gasteiger partial charge in [0.05, 0.1) is 6.42 Å². The fourth-order valence-electron chi connectivity index (χ4n) is 4.69. The van der Waals surface area contributed by atoms with Gasteiger partial charge in [0, 0.05) is 37.4 Å². The maximum absolute atomic E-state index is 12.7. The lowest BCUT2D eigenvalue weighted by Crippen LogP contribution is -2.42. The van der Waals surface area contributed by atoms with Crippen LogP contribution in [0.1, 0.15) is 60.9 Å². The molecule has 33 heavy (non-hydrogen) atoms. The first-order valence-corrected chi connectivity index (χ1v) is 11.8. The molecule has 4 rings (SSSR count). The standard InChI is InChI=1S/C26H32N4O3/c1-3-12-30-25(32)23(28-26(30)33)16-24(31)29-13-10-20(11-14-29)22-9-8-19(17-27-22)15-21-7-5-4-6-18(21)2/h4-9,17,20,23H,3,10-16H2,1-2H3,(H,28,33)/t23-/m1/s1. The Labute approximate surface area is 195 Å². The van der Waals surface area contributed by atoms with Gasteiger partial charge in [-0.25, -0.2) is 4.79 Å². The molecular formula is C26H32N4O3. The van der Waals surface area contributed by atoms with Crippen molar-refractivity contribution in [3.8, 4) is 0 Å². The molecule has 174 valence electrons. The Balaban J connectivity index is 1.28. The maximum Gasteiger partial charge on any atom is 0.324 e. The van der Waals surface area contributed by atoms with Crippen molar-refractivity contribution >= 4 is 17.8 Å². The van der Waals surface area contributed by atoms with Gasteiger partial charge in [-0.2, -0.15) is 0 Å². The van der Waals surface area contributed by atoms with Crippen molar-refractivity contribution in [2.75, 3.05) is 19.6 Å². The van der Waals surface area contributed by atoms with Gasteiger partial charge in [0.2, 0.25) is 5.91 Å². The monoisotopic (exact) mass is 448 g/mol. The van der Waals surface area contributed by atoms with E-state index in [-0.39, 0.29) is 18.2 Å². The summed E-state index contributed by atoms with van der Waals surface area (Å²) < 4.78 is 0. The molecule has 2 fully saturated rings. The molecule has 0 spiro atoms. The van der Waals surface area contributed by atoms with Crippen LogP contribution in [0, 0.1) is 6.92 Å². The largest absolute Gasteiger partial charge is 0.343 e. The minimum absolute atomic E-state index is 0.0291. The minimum atomic E-state index is -0.739. The van der Waals surface area contributed by atoms with E-state index in [1.165, 1.54) is 21.6 Å². The molecule has 7 nitrogen and oxygen atoms in total. The zero-order chi connectivity index (χ0) is 23.4. The van der Waals surface area contributed by atoms with Gasteiger partial charge in [0.25, 0.3) is 5.91 Å². The van der Waals surface area contributed by atoms with E-state index in [2.05, 4.69) is 48.6 Å². The summed E-state index contributed by atoms with van der Waals surface area (Å²) in [6.45, 7) is 5.71. The number of urea groups is 1. The predicted octanol–water partition coefficient (Wildman–Crippen LogP) is 3.41. The maximum atomic E-state index is 12.7. The molecule has 1 N–H and O–H groups in total. The normalized spacial score (nSPS) is 19.2. The van der Waals surface area contributed by atoms with E-state index in [4.69, 9.17) is 4.98 Å². The average molecular weight is 449 g/mol. The van der Waals surface area contributed by atoms with Crippen LogP contribution in [0.4, 0.5) is 4.79 Å². The third-order valence-electron chi connectivity index (χ3n) is 6.70. The second-order valence-corrected chi connectivity index (χ2v) is 9.05. The molecule has 1 aromatic heterocycles. The minimum Gasteiger partial charge on any atom is -0.343 e. The summed E-state index contributed by atoms with van der Waals surface area (Å²) in [6, 6.07) is 11.5. The van der Waals surface area contributed by atoms with Gasteiger partial charge in [-0.05, 0) is 55.4 Å². The van der Waals surface area contributed by atoms with Crippen LogP contribution in [0.15, 0.2) is 42.6 Å². The van der Waals surface area contributed by atoms with Crippen molar-refractivity contribution in [2.45, 2.75) is 57.9 Å². The Morgan fingerprint density at radius 3 is 2.55 bits per heavy atom. The number of aryl methyl sites for hydroxylation is 1. The molecule has 0 saturated carbocycles. The number of amides is 4. The molecule has 0 unspecified atom stereocenters. The molecule has 7 heteroatoms. The first-order valence-electron chi connectivity index (χ1n) is 11.8. The number of nitrogens with one attached hydrogen (secondary N) is 1. The second kappa shape index (κ2) is 10.1. The lowest BCUT2D eigenvalue weighted by molar-refractivity contribution is -0.136. The number of piperidine rings is 1. The molecule has 2 aromatic rings. The van der Waals surface area contributed by atoms with Crippen molar-refractivity contribution in [3.05, 3.63) is 65.0 Å². The highest BCUT2D eigenvalue weighted by Gasteiger charge is 2.39. The summed E-state index contributed by atoms with van der Waals surface area (Å²) in [5.74, 6) is -0.0403. The first-order chi connectivity index (χ1) is 16.0. The van der Waals surface area contributed by atoms with Crippen molar-refractivity contribution in [3.63, 3.8) is 0 Å². The molecule has 2 aliphatic rings. The molecule has 1 atom stereocenters. The number of carbonyl (C=O) groups excluding carboxylic acids is 3. The van der Waals surface area contributed by atoms with E-state index in [1.54, 1.807) is 0 Å². The highest BCUT2D eigenvalue weighted by molar-refractivity contribution is 6.05. The van der Waals surface area contributed by atoms with E-state index in [9.17, 15) is 14.4 Å². The van der Waals surface area contributed by atoms with Crippen LogP contribution in [-0.2, 0) is 16.0 Å². The van der Waals surface area contributed by atoms with Crippen LogP contribution in [0.5, 0.6) is 0 Å². The molecule has 2 saturated heterocycles. The predicted molar refractivity (Wildman–Crippen MR) is 126 cm³/mol. The number of nitrogens with zero attached hydrogens (tertiary/aromatic N) is 3. The third kappa shape index (κ3) is 5.24. The van der Waals surface area contributed by atoms with Crippen molar-refractivity contribution < 1.29 is 14.4 Å². The Hall–Kier alpha value is -3.22. The second-order valence-electron chi connectivity index (χ2n) is 9.05. The molecule has 0 bridgehead atoms. The highest BCUT2D eigenvalue weighted by atomic mass is 16.2. The molecule has 4 amide bonds. The quantitative estimate of drug-likeness (QED) is 0.658. The number of carbonyl (C=O) groups is 3. The van der Waals surface area contributed by atoms with E-state index in [1.807, 2.05) is 18.0 Å². The SMILES string of the molecule is CCCN1C(=O)N[C@H](CC(=O)N2CCC(c3ccc(Cc4ccccc4C)cn3)CC2)C1=O. The van der Waals surface area contributed by atoms with Gasteiger partial charge in [-0.3, -0.25) is 19.5 Å². The van der Waals surface area contributed by atoms with Crippen LogP contribution in [-0.4, -0.2) is 58.3 Å². The van der Waals surface area contributed by atoms with Gasteiger partial charge in [0.1, 0.15) is 6.04 Å². The van der Waals surface area contributed by atoms with Crippen LogP contribution in [0.25, 0.3) is 0 Å². The number of hydrogen-bond acceptors (Lipinski definition) is 4. The highest BCUT2D eigenvalue weighted by Crippen LogP contribution is 2.27. The smallest absolute Gasteiger partial charge is 0.324 e. The fraction of sp³-hybridized carbons (Fsp3) is 0.462. The van der Waals surface area contributed by atoms with Crippen molar-refractivity contribution in [1.29, 1.82) is 0 Å². The Morgan fingerprint density at radius 2 is 1.88 bits per heavy atom. The van der Waals surface area contributed by atoms with Crippen LogP contribution in [0.3, 0.4) is 0 Å². The zero-order valence-corrected chi connectivity index (χ0v) is 19.4. The van der Waals surface area contributed by atoms with Crippen LogP contribution in [0.2, 0.25) is 0 Å². The van der Waals surface area contributed by atoms with E-state index >= 15 is 0 Å². The van der Waals surface area contributed by atoms with Gasteiger partial charge in [-0.15, -0.1) is 0 Å². The third-order valence-corrected chi connectivity index (χ3v) is 6.70. The lowest BCUT2D eigenvalue weighted by atomic mass is 9.92. The summed E-state index contributed by atoms with van der Waals surface area (Å²) in [4.78, 5) is 44.8. The summed E-state index contributed by atoms with van der Waals surface area (Å²) >= 11 is 0. The first kappa shape index (κ1) is 23.0. The number of likely N-dealkylation sites (tertiary alicyclic amines) is 1. The average Bonchev–Trinajstić information content (AvgIpc) is 3.09. The lowest BCUT2D eigenvalue weighted by Gasteiger charge is -2.32. The molecule has 0 radical (unpaired) electrons. The number of benzene rings is 1. The Bertz CT molecular complexity index is 1010. The topological polar surface area (TPSA) is 82.6 Å². The van der Waals surface area contributed by atoms with Gasteiger partial charge in [0.15, 0.2) is 0 Å². The number of aromatic nitrogens is 1. The fourth-order valence-corrected chi connectivity index (χ4v) is 4.69. The Morgan fingerprint density at radius 1 is 1.12 bits per heavy atom. The Kier molecular flexibility index (Phi) is 7.06. The van der Waals surface area contributed by atoms with Crippen molar-refractivity contribution in [1.82, 2.24) is 20.1 Å². The molecule has 0 aliphatic carbocycles. The summed E-state index contributed by atoms with van der Waals surface area (Å²) in [5.41, 5.74) is 4.87. The summed E-state index contributed by atoms with van der Waals surface area (Å²) in [5, 5.41) is 2.65. The number of pyridine rings is 1. The van der Waals surface area contributed by atoms with Gasteiger partial charge >= 0.3 is 6.03 Å². The van der Waals surface area contributed by atoms with E-state index in [0.29, 0.717) is 32.0 Å². The molecule has 1 aromatic carbocycles. The van der Waals surface area contributed by atoms with Crippen molar-refractivity contribution in [2.24, 2.45) is 0 Å². The molecular weight excluding hydrogens is 416 g/mol. The number of rotatable bonds is 7. The van der Waals surface area contributed by atoms with Gasteiger partial charge in [-0.1, -0.05) is 37.3 Å².